The van der Waals surface area contributed by atoms with Crippen LogP contribution in [-0.2, 0) is 0 Å². The van der Waals surface area contributed by atoms with Crippen LogP contribution in [0.25, 0.3) is 0 Å². The molecule has 1 rings (SSSR count). The first-order chi connectivity index (χ1) is 8.19. The van der Waals surface area contributed by atoms with E-state index in [1.54, 1.807) is 11.8 Å². The first-order valence-corrected chi connectivity index (χ1v) is 7.56. The summed E-state index contributed by atoms with van der Waals surface area (Å²) in [4.78, 5) is 1.21. The molecule has 0 saturated carbocycles. The number of halogens is 1. The SMILES string of the molecule is CCC[C@@H](Sc1ccccc1)[C@H](O)[C@H](C)CCl. The van der Waals surface area contributed by atoms with Crippen LogP contribution in [0, 0.1) is 5.92 Å². The molecule has 1 aromatic carbocycles. The van der Waals surface area contributed by atoms with Crippen LogP contribution in [0.15, 0.2) is 35.2 Å². The third kappa shape index (κ3) is 4.90. The lowest BCUT2D eigenvalue weighted by Crippen LogP contribution is -2.30. The molecule has 3 heteroatoms. The van der Waals surface area contributed by atoms with Gasteiger partial charge in [0.25, 0.3) is 0 Å². The molecule has 17 heavy (non-hydrogen) atoms. The number of thioether (sulfide) groups is 1. The summed E-state index contributed by atoms with van der Waals surface area (Å²) in [5.41, 5.74) is 0. The number of hydrogen-bond acceptors (Lipinski definition) is 2. The number of hydrogen-bond donors (Lipinski definition) is 1. The van der Waals surface area contributed by atoms with Crippen LogP contribution >= 0.6 is 23.4 Å². The number of rotatable bonds is 7. The molecule has 0 saturated heterocycles. The fraction of sp³-hybridized carbons (Fsp3) is 0.571. The molecular weight excluding hydrogens is 252 g/mol. The van der Waals surface area contributed by atoms with Gasteiger partial charge in [0.1, 0.15) is 0 Å². The monoisotopic (exact) mass is 272 g/mol. The van der Waals surface area contributed by atoms with Gasteiger partial charge < -0.3 is 5.11 Å². The number of aliphatic hydroxyl groups excluding tert-OH is 1. The van der Waals surface area contributed by atoms with E-state index in [-0.39, 0.29) is 17.3 Å². The molecule has 0 fully saturated rings. The molecule has 0 heterocycles. The molecule has 0 amide bonds. The van der Waals surface area contributed by atoms with E-state index < -0.39 is 0 Å². The van der Waals surface area contributed by atoms with Crippen molar-refractivity contribution in [3.63, 3.8) is 0 Å². The van der Waals surface area contributed by atoms with E-state index in [0.717, 1.165) is 12.8 Å². The number of benzene rings is 1. The molecule has 0 bridgehead atoms. The van der Waals surface area contributed by atoms with Gasteiger partial charge in [-0.2, -0.15) is 0 Å². The standard InChI is InChI=1S/C14H21ClOS/c1-3-7-13(14(16)11(2)10-15)17-12-8-5-4-6-9-12/h4-6,8-9,11,13-14,16H,3,7,10H2,1-2H3/t11-,13-,14-/m1/s1. The van der Waals surface area contributed by atoms with Gasteiger partial charge >= 0.3 is 0 Å². The molecule has 3 atom stereocenters. The number of alkyl halides is 1. The van der Waals surface area contributed by atoms with E-state index in [2.05, 4.69) is 19.1 Å². The van der Waals surface area contributed by atoms with Gasteiger partial charge in [0.15, 0.2) is 0 Å². The maximum absolute atomic E-state index is 10.3. The Morgan fingerprint density at radius 3 is 2.47 bits per heavy atom. The molecule has 96 valence electrons. The van der Waals surface area contributed by atoms with E-state index in [1.165, 1.54) is 4.90 Å². The highest BCUT2D eigenvalue weighted by Gasteiger charge is 2.24. The fourth-order valence-electron chi connectivity index (χ4n) is 1.72. The highest BCUT2D eigenvalue weighted by atomic mass is 35.5. The number of aliphatic hydroxyl groups is 1. The predicted octanol–water partition coefficient (Wildman–Crippen LogP) is 4.18. The van der Waals surface area contributed by atoms with Gasteiger partial charge in [0.2, 0.25) is 0 Å². The molecule has 1 N–H and O–H groups in total. The van der Waals surface area contributed by atoms with Gasteiger partial charge in [-0.25, -0.2) is 0 Å². The summed E-state index contributed by atoms with van der Waals surface area (Å²) in [6, 6.07) is 10.2. The Morgan fingerprint density at radius 2 is 1.94 bits per heavy atom. The Hall–Kier alpha value is -0.180. The zero-order valence-electron chi connectivity index (χ0n) is 10.5. The molecule has 0 aliphatic carbocycles. The van der Waals surface area contributed by atoms with Crippen molar-refractivity contribution in [3.05, 3.63) is 30.3 Å². The molecule has 0 radical (unpaired) electrons. The average molecular weight is 273 g/mol. The van der Waals surface area contributed by atoms with E-state index in [1.807, 2.05) is 25.1 Å². The van der Waals surface area contributed by atoms with E-state index in [9.17, 15) is 5.11 Å². The molecule has 1 nitrogen and oxygen atoms in total. The summed E-state index contributed by atoms with van der Waals surface area (Å²) < 4.78 is 0. The summed E-state index contributed by atoms with van der Waals surface area (Å²) in [6.07, 6.45) is 1.76. The topological polar surface area (TPSA) is 20.2 Å². The van der Waals surface area contributed by atoms with Crippen molar-refractivity contribution in [1.82, 2.24) is 0 Å². The summed E-state index contributed by atoms with van der Waals surface area (Å²) >= 11 is 7.58. The molecule has 0 spiro atoms. The fourth-order valence-corrected chi connectivity index (χ4v) is 3.32. The van der Waals surface area contributed by atoms with E-state index in [0.29, 0.717) is 5.88 Å². The smallest absolute Gasteiger partial charge is 0.0699 e. The zero-order valence-corrected chi connectivity index (χ0v) is 12.0. The Balaban J connectivity index is 2.66. The van der Waals surface area contributed by atoms with Crippen molar-refractivity contribution >= 4 is 23.4 Å². The molecule has 0 aliphatic heterocycles. The van der Waals surface area contributed by atoms with Crippen LogP contribution in [0.1, 0.15) is 26.7 Å². The van der Waals surface area contributed by atoms with Gasteiger partial charge in [0.05, 0.1) is 6.10 Å². The molecule has 0 aromatic heterocycles. The second kappa shape index (κ2) is 8.02. The normalized spacial score (nSPS) is 16.5. The van der Waals surface area contributed by atoms with Crippen LogP contribution in [0.4, 0.5) is 0 Å². The summed E-state index contributed by atoms with van der Waals surface area (Å²) in [5.74, 6) is 0.654. The summed E-state index contributed by atoms with van der Waals surface area (Å²) in [6.45, 7) is 4.16. The average Bonchev–Trinajstić information content (AvgIpc) is 2.37. The largest absolute Gasteiger partial charge is 0.392 e. The lowest BCUT2D eigenvalue weighted by molar-refractivity contribution is 0.121. The zero-order chi connectivity index (χ0) is 12.7. The lowest BCUT2D eigenvalue weighted by Gasteiger charge is -2.26. The van der Waals surface area contributed by atoms with Gasteiger partial charge in [0, 0.05) is 16.0 Å². The second-order valence-corrected chi connectivity index (χ2v) is 6.00. The lowest BCUT2D eigenvalue weighted by atomic mass is 10.0. The van der Waals surface area contributed by atoms with Gasteiger partial charge in [-0.05, 0) is 24.5 Å². The third-order valence-corrected chi connectivity index (χ3v) is 4.66. The van der Waals surface area contributed by atoms with Crippen molar-refractivity contribution in [3.8, 4) is 0 Å². The van der Waals surface area contributed by atoms with Gasteiger partial charge in [-0.1, -0.05) is 38.5 Å². The molecule has 1 aromatic rings. The first kappa shape index (κ1) is 14.9. The molecule has 0 unspecified atom stereocenters. The minimum absolute atomic E-state index is 0.143. The Kier molecular flexibility index (Phi) is 7.02. The molecular formula is C14H21ClOS. The van der Waals surface area contributed by atoms with Crippen LogP contribution in [0.3, 0.4) is 0 Å². The maximum Gasteiger partial charge on any atom is 0.0699 e. The van der Waals surface area contributed by atoms with Crippen molar-refractivity contribution in [1.29, 1.82) is 0 Å². The van der Waals surface area contributed by atoms with Crippen LogP contribution < -0.4 is 0 Å². The quantitative estimate of drug-likeness (QED) is 0.593. The third-order valence-electron chi connectivity index (χ3n) is 2.81. The van der Waals surface area contributed by atoms with Crippen molar-refractivity contribution < 1.29 is 5.11 Å². The molecule has 0 aliphatic rings. The first-order valence-electron chi connectivity index (χ1n) is 6.14. The van der Waals surface area contributed by atoms with Crippen LogP contribution in [0.2, 0.25) is 0 Å². The van der Waals surface area contributed by atoms with Crippen molar-refractivity contribution in [2.24, 2.45) is 5.92 Å². The van der Waals surface area contributed by atoms with Crippen LogP contribution in [0.5, 0.6) is 0 Å². The van der Waals surface area contributed by atoms with Gasteiger partial charge in [-0.15, -0.1) is 23.4 Å². The minimum atomic E-state index is -0.336. The van der Waals surface area contributed by atoms with Gasteiger partial charge in [-0.3, -0.25) is 0 Å². The second-order valence-electron chi connectivity index (χ2n) is 4.38. The minimum Gasteiger partial charge on any atom is -0.392 e. The van der Waals surface area contributed by atoms with Crippen molar-refractivity contribution in [2.45, 2.75) is 42.9 Å². The Bertz CT molecular complexity index is 304. The van der Waals surface area contributed by atoms with Crippen molar-refractivity contribution in [2.75, 3.05) is 5.88 Å². The Morgan fingerprint density at radius 1 is 1.29 bits per heavy atom. The maximum atomic E-state index is 10.3. The summed E-state index contributed by atoms with van der Waals surface area (Å²) in [5, 5.41) is 10.5. The highest BCUT2D eigenvalue weighted by Crippen LogP contribution is 2.31. The summed E-state index contributed by atoms with van der Waals surface area (Å²) in [7, 11) is 0. The predicted molar refractivity (Wildman–Crippen MR) is 76.9 cm³/mol. The van der Waals surface area contributed by atoms with E-state index >= 15 is 0 Å². The van der Waals surface area contributed by atoms with Crippen LogP contribution in [-0.4, -0.2) is 22.3 Å². The highest BCUT2D eigenvalue weighted by molar-refractivity contribution is 8.00. The van der Waals surface area contributed by atoms with E-state index in [4.69, 9.17) is 11.6 Å². The Labute approximate surface area is 114 Å².